The summed E-state index contributed by atoms with van der Waals surface area (Å²) in [6.45, 7) is 1.88. The van der Waals surface area contributed by atoms with Crippen LogP contribution in [0.3, 0.4) is 0 Å². The van der Waals surface area contributed by atoms with Crippen LogP contribution in [-0.2, 0) is 12.8 Å². The van der Waals surface area contributed by atoms with E-state index in [-0.39, 0.29) is 5.75 Å². The third-order valence-electron chi connectivity index (χ3n) is 3.41. The first-order valence-corrected chi connectivity index (χ1v) is 6.63. The Morgan fingerprint density at radius 2 is 1.55 bits per heavy atom. The van der Waals surface area contributed by atoms with Gasteiger partial charge in [-0.3, -0.25) is 0 Å². The first-order chi connectivity index (χ1) is 9.63. The summed E-state index contributed by atoms with van der Waals surface area (Å²) in [7, 11) is 3.24. The number of hydrogen-bond acceptors (Lipinski definition) is 3. The average Bonchev–Trinajstić information content (AvgIpc) is 2.48. The lowest BCUT2D eigenvalue weighted by Gasteiger charge is -2.10. The van der Waals surface area contributed by atoms with Gasteiger partial charge in [-0.25, -0.2) is 0 Å². The highest BCUT2D eigenvalue weighted by Crippen LogP contribution is 2.31. The van der Waals surface area contributed by atoms with Crippen LogP contribution in [0.4, 0.5) is 0 Å². The van der Waals surface area contributed by atoms with Gasteiger partial charge in [0, 0.05) is 0 Å². The van der Waals surface area contributed by atoms with Crippen LogP contribution < -0.4 is 9.47 Å². The van der Waals surface area contributed by atoms with Gasteiger partial charge >= 0.3 is 0 Å². The first kappa shape index (κ1) is 14.3. The normalized spacial score (nSPS) is 10.3. The van der Waals surface area contributed by atoms with Crippen LogP contribution in [0.2, 0.25) is 0 Å². The van der Waals surface area contributed by atoms with Crippen molar-refractivity contribution in [1.29, 1.82) is 0 Å². The molecular formula is C17H20O3. The van der Waals surface area contributed by atoms with E-state index in [1.807, 2.05) is 31.2 Å². The molecular weight excluding hydrogens is 252 g/mol. The van der Waals surface area contributed by atoms with Gasteiger partial charge in [0.15, 0.2) is 11.5 Å². The summed E-state index contributed by atoms with van der Waals surface area (Å²) in [4.78, 5) is 0. The quantitative estimate of drug-likeness (QED) is 0.905. The largest absolute Gasteiger partial charge is 0.504 e. The minimum Gasteiger partial charge on any atom is -0.504 e. The molecule has 1 N–H and O–H groups in total. The predicted molar refractivity (Wildman–Crippen MR) is 79.8 cm³/mol. The third kappa shape index (κ3) is 3.23. The molecule has 2 rings (SSSR count). The molecule has 0 saturated heterocycles. The first-order valence-electron chi connectivity index (χ1n) is 6.63. The van der Waals surface area contributed by atoms with E-state index in [1.54, 1.807) is 14.2 Å². The SMILES string of the molecule is COc1ccc(CCc2cc(C)c(O)c(OC)c2)cc1. The molecule has 0 bridgehead atoms. The molecule has 0 aromatic heterocycles. The van der Waals surface area contributed by atoms with Crippen LogP contribution in [0.25, 0.3) is 0 Å². The summed E-state index contributed by atoms with van der Waals surface area (Å²) in [6, 6.07) is 12.0. The molecule has 0 aliphatic heterocycles. The zero-order valence-electron chi connectivity index (χ0n) is 12.1. The van der Waals surface area contributed by atoms with Gasteiger partial charge < -0.3 is 14.6 Å². The Morgan fingerprint density at radius 3 is 2.15 bits per heavy atom. The maximum absolute atomic E-state index is 9.83. The second kappa shape index (κ2) is 6.33. The molecule has 3 heteroatoms. The monoisotopic (exact) mass is 272 g/mol. The van der Waals surface area contributed by atoms with Crippen molar-refractivity contribution in [2.75, 3.05) is 14.2 Å². The Kier molecular flexibility index (Phi) is 4.51. The smallest absolute Gasteiger partial charge is 0.161 e. The van der Waals surface area contributed by atoms with E-state index < -0.39 is 0 Å². The van der Waals surface area contributed by atoms with Crippen molar-refractivity contribution in [3.63, 3.8) is 0 Å². The average molecular weight is 272 g/mol. The highest BCUT2D eigenvalue weighted by Gasteiger charge is 2.07. The van der Waals surface area contributed by atoms with Gasteiger partial charge in [-0.1, -0.05) is 18.2 Å². The Labute approximate surface area is 119 Å². The summed E-state index contributed by atoms with van der Waals surface area (Å²) >= 11 is 0. The number of hydrogen-bond donors (Lipinski definition) is 1. The number of aromatic hydroxyl groups is 1. The fourth-order valence-electron chi connectivity index (χ4n) is 2.20. The summed E-state index contributed by atoms with van der Waals surface area (Å²) in [5.41, 5.74) is 3.26. The Hall–Kier alpha value is -2.16. The molecule has 0 aliphatic rings. The number of phenolic OH excluding ortho intramolecular Hbond substituents is 1. The van der Waals surface area contributed by atoms with Crippen LogP contribution in [-0.4, -0.2) is 19.3 Å². The maximum Gasteiger partial charge on any atom is 0.161 e. The van der Waals surface area contributed by atoms with E-state index >= 15 is 0 Å². The van der Waals surface area contributed by atoms with Crippen molar-refractivity contribution in [2.24, 2.45) is 0 Å². The fraction of sp³-hybridized carbons (Fsp3) is 0.294. The number of ether oxygens (including phenoxy) is 2. The van der Waals surface area contributed by atoms with Crippen molar-refractivity contribution in [3.05, 3.63) is 53.1 Å². The Morgan fingerprint density at radius 1 is 0.900 bits per heavy atom. The van der Waals surface area contributed by atoms with Gasteiger partial charge in [-0.05, 0) is 54.7 Å². The number of aryl methyl sites for hydroxylation is 3. The van der Waals surface area contributed by atoms with Crippen molar-refractivity contribution in [1.82, 2.24) is 0 Å². The third-order valence-corrected chi connectivity index (χ3v) is 3.41. The van der Waals surface area contributed by atoms with Crippen molar-refractivity contribution >= 4 is 0 Å². The van der Waals surface area contributed by atoms with Crippen LogP contribution in [0, 0.1) is 6.92 Å². The number of benzene rings is 2. The predicted octanol–water partition coefficient (Wildman–Crippen LogP) is 3.50. The van der Waals surface area contributed by atoms with E-state index in [1.165, 1.54) is 5.56 Å². The summed E-state index contributed by atoms with van der Waals surface area (Å²) in [5, 5.41) is 9.83. The van der Waals surface area contributed by atoms with Crippen LogP contribution in [0.5, 0.6) is 17.2 Å². The molecule has 3 nitrogen and oxygen atoms in total. The van der Waals surface area contributed by atoms with Crippen molar-refractivity contribution in [3.8, 4) is 17.2 Å². The van der Waals surface area contributed by atoms with Crippen molar-refractivity contribution in [2.45, 2.75) is 19.8 Å². The second-order valence-corrected chi connectivity index (χ2v) is 4.81. The molecule has 0 fully saturated rings. The molecule has 20 heavy (non-hydrogen) atoms. The molecule has 2 aromatic carbocycles. The minimum absolute atomic E-state index is 0.223. The van der Waals surface area contributed by atoms with Gasteiger partial charge in [0.25, 0.3) is 0 Å². The van der Waals surface area contributed by atoms with Gasteiger partial charge in [0.1, 0.15) is 5.75 Å². The maximum atomic E-state index is 9.83. The molecule has 0 amide bonds. The Balaban J connectivity index is 2.08. The molecule has 0 unspecified atom stereocenters. The van der Waals surface area contributed by atoms with Crippen molar-refractivity contribution < 1.29 is 14.6 Å². The summed E-state index contributed by atoms with van der Waals surface area (Å²) in [5.74, 6) is 1.63. The zero-order valence-corrected chi connectivity index (χ0v) is 12.1. The lowest BCUT2D eigenvalue weighted by Crippen LogP contribution is -1.95. The lowest BCUT2D eigenvalue weighted by molar-refractivity contribution is 0.371. The summed E-state index contributed by atoms with van der Waals surface area (Å²) in [6.07, 6.45) is 1.85. The molecule has 0 atom stereocenters. The van der Waals surface area contributed by atoms with Crippen LogP contribution in [0.1, 0.15) is 16.7 Å². The highest BCUT2D eigenvalue weighted by molar-refractivity contribution is 5.48. The van der Waals surface area contributed by atoms with E-state index in [4.69, 9.17) is 9.47 Å². The van der Waals surface area contributed by atoms with E-state index in [0.717, 1.165) is 29.7 Å². The number of methoxy groups -OCH3 is 2. The number of rotatable bonds is 5. The number of phenols is 1. The van der Waals surface area contributed by atoms with E-state index in [2.05, 4.69) is 12.1 Å². The topological polar surface area (TPSA) is 38.7 Å². The van der Waals surface area contributed by atoms with Gasteiger partial charge in [-0.15, -0.1) is 0 Å². The fourth-order valence-corrected chi connectivity index (χ4v) is 2.20. The minimum atomic E-state index is 0.223. The van der Waals surface area contributed by atoms with E-state index in [0.29, 0.717) is 5.75 Å². The van der Waals surface area contributed by atoms with E-state index in [9.17, 15) is 5.11 Å². The van der Waals surface area contributed by atoms with Gasteiger partial charge in [0.05, 0.1) is 14.2 Å². The molecule has 0 aliphatic carbocycles. The standard InChI is InChI=1S/C17H20O3/c1-12-10-14(11-16(20-3)17(12)18)5-4-13-6-8-15(19-2)9-7-13/h6-11,18H,4-5H2,1-3H3. The summed E-state index contributed by atoms with van der Waals surface area (Å²) < 4.78 is 10.3. The zero-order chi connectivity index (χ0) is 14.5. The molecule has 106 valence electrons. The highest BCUT2D eigenvalue weighted by atomic mass is 16.5. The lowest BCUT2D eigenvalue weighted by atomic mass is 10.0. The van der Waals surface area contributed by atoms with Crippen LogP contribution >= 0.6 is 0 Å². The van der Waals surface area contributed by atoms with Gasteiger partial charge in [0.2, 0.25) is 0 Å². The second-order valence-electron chi connectivity index (χ2n) is 4.81. The molecule has 0 radical (unpaired) electrons. The van der Waals surface area contributed by atoms with Crippen LogP contribution in [0.15, 0.2) is 36.4 Å². The molecule has 2 aromatic rings. The molecule has 0 saturated carbocycles. The van der Waals surface area contributed by atoms with Gasteiger partial charge in [-0.2, -0.15) is 0 Å². The Bertz CT molecular complexity index is 574. The molecule has 0 spiro atoms. The molecule has 0 heterocycles.